The van der Waals surface area contributed by atoms with Crippen LogP contribution >= 0.6 is 15.9 Å². The lowest BCUT2D eigenvalue weighted by Crippen LogP contribution is -1.82. The minimum atomic E-state index is -0.794. The molecule has 3 nitrogen and oxygen atoms in total. The van der Waals surface area contributed by atoms with Crippen molar-refractivity contribution in [1.29, 1.82) is 0 Å². The van der Waals surface area contributed by atoms with E-state index in [-0.39, 0.29) is 10.2 Å². The SMILES string of the molecule is [N-]=[N+]=Nc1cc(F)c(Br)c(F)c1. The predicted octanol–water partition coefficient (Wildman–Crippen LogP) is 3.67. The molecule has 1 rings (SSSR count). The van der Waals surface area contributed by atoms with Gasteiger partial charge in [-0.15, -0.1) is 0 Å². The van der Waals surface area contributed by atoms with Crippen LogP contribution in [0.5, 0.6) is 0 Å². The largest absolute Gasteiger partial charge is 0.206 e. The number of hydrogen-bond acceptors (Lipinski definition) is 1. The predicted molar refractivity (Wildman–Crippen MR) is 42.9 cm³/mol. The van der Waals surface area contributed by atoms with Crippen molar-refractivity contribution in [2.75, 3.05) is 0 Å². The van der Waals surface area contributed by atoms with E-state index < -0.39 is 11.6 Å². The number of hydrogen-bond donors (Lipinski definition) is 0. The third-order valence-electron chi connectivity index (χ3n) is 1.13. The Morgan fingerprint density at radius 1 is 1.33 bits per heavy atom. The van der Waals surface area contributed by atoms with Crippen LogP contribution in [0, 0.1) is 11.6 Å². The van der Waals surface area contributed by atoms with Crippen LogP contribution in [0.1, 0.15) is 0 Å². The lowest BCUT2D eigenvalue weighted by atomic mass is 10.3. The second-order valence-electron chi connectivity index (χ2n) is 1.91. The highest BCUT2D eigenvalue weighted by Gasteiger charge is 2.06. The first kappa shape index (κ1) is 8.96. The fourth-order valence-corrected chi connectivity index (χ4v) is 0.880. The van der Waals surface area contributed by atoms with Gasteiger partial charge in [0.25, 0.3) is 0 Å². The van der Waals surface area contributed by atoms with Crippen LogP contribution in [0.2, 0.25) is 0 Å². The van der Waals surface area contributed by atoms with Crippen molar-refractivity contribution in [3.8, 4) is 0 Å². The minimum Gasteiger partial charge on any atom is -0.206 e. The highest BCUT2D eigenvalue weighted by atomic mass is 79.9. The van der Waals surface area contributed by atoms with Crippen molar-refractivity contribution in [2.45, 2.75) is 0 Å². The molecular weight excluding hydrogens is 232 g/mol. The number of nitrogens with zero attached hydrogens (tertiary/aromatic N) is 3. The van der Waals surface area contributed by atoms with Gasteiger partial charge in [-0.25, -0.2) is 8.78 Å². The van der Waals surface area contributed by atoms with E-state index in [1.807, 2.05) is 0 Å². The standard InChI is InChI=1S/C6H2BrF2N3/c7-6-4(8)1-3(11-12-10)2-5(6)9/h1-2H. The molecule has 0 fully saturated rings. The average Bonchev–Trinajstić information content (AvgIpc) is 2.01. The first-order valence-corrected chi connectivity index (χ1v) is 3.64. The Kier molecular flexibility index (Phi) is 2.62. The van der Waals surface area contributed by atoms with Crippen LogP contribution in [-0.4, -0.2) is 0 Å². The van der Waals surface area contributed by atoms with E-state index in [0.717, 1.165) is 12.1 Å². The average molecular weight is 234 g/mol. The van der Waals surface area contributed by atoms with Gasteiger partial charge in [-0.2, -0.15) is 0 Å². The zero-order valence-electron chi connectivity index (χ0n) is 5.63. The minimum absolute atomic E-state index is 0.0873. The summed E-state index contributed by atoms with van der Waals surface area (Å²) in [7, 11) is 0. The molecule has 0 atom stereocenters. The normalized spacial score (nSPS) is 9.25. The van der Waals surface area contributed by atoms with Crippen LogP contribution in [0.25, 0.3) is 10.4 Å². The summed E-state index contributed by atoms with van der Waals surface area (Å²) in [6.45, 7) is 0. The van der Waals surface area contributed by atoms with Crippen molar-refractivity contribution >= 4 is 21.6 Å². The molecule has 6 heteroatoms. The van der Waals surface area contributed by atoms with Gasteiger partial charge in [-0.1, -0.05) is 5.11 Å². The Morgan fingerprint density at radius 3 is 2.25 bits per heavy atom. The van der Waals surface area contributed by atoms with E-state index in [2.05, 4.69) is 26.0 Å². The molecule has 0 unspecified atom stereocenters. The summed E-state index contributed by atoms with van der Waals surface area (Å²) < 4.78 is 25.1. The first-order chi connectivity index (χ1) is 5.65. The van der Waals surface area contributed by atoms with Crippen molar-refractivity contribution in [1.82, 2.24) is 0 Å². The second-order valence-corrected chi connectivity index (χ2v) is 2.71. The first-order valence-electron chi connectivity index (χ1n) is 2.85. The Hall–Kier alpha value is -1.13. The van der Waals surface area contributed by atoms with Crippen molar-refractivity contribution in [3.63, 3.8) is 0 Å². The maximum atomic E-state index is 12.7. The van der Waals surface area contributed by atoms with Gasteiger partial charge in [-0.3, -0.25) is 0 Å². The highest BCUT2D eigenvalue weighted by molar-refractivity contribution is 9.10. The zero-order valence-corrected chi connectivity index (χ0v) is 7.22. The summed E-state index contributed by atoms with van der Waals surface area (Å²) in [5.74, 6) is -1.59. The zero-order chi connectivity index (χ0) is 9.14. The summed E-state index contributed by atoms with van der Waals surface area (Å²) in [5, 5.41) is 3.05. The van der Waals surface area contributed by atoms with E-state index in [1.165, 1.54) is 0 Å². The van der Waals surface area contributed by atoms with Gasteiger partial charge in [0, 0.05) is 10.6 Å². The van der Waals surface area contributed by atoms with Crippen LogP contribution in [0.3, 0.4) is 0 Å². The number of benzene rings is 1. The molecule has 1 aromatic rings. The molecule has 0 aromatic heterocycles. The molecule has 0 amide bonds. The molecule has 12 heavy (non-hydrogen) atoms. The van der Waals surface area contributed by atoms with Gasteiger partial charge in [0.05, 0.1) is 4.47 Å². The van der Waals surface area contributed by atoms with Crippen LogP contribution in [0.4, 0.5) is 14.5 Å². The maximum absolute atomic E-state index is 12.7. The molecule has 0 bridgehead atoms. The van der Waals surface area contributed by atoms with E-state index in [0.29, 0.717) is 0 Å². The summed E-state index contributed by atoms with van der Waals surface area (Å²) >= 11 is 2.68. The summed E-state index contributed by atoms with van der Waals surface area (Å²) in [5.41, 5.74) is 7.89. The molecule has 0 aliphatic rings. The molecule has 0 N–H and O–H groups in total. The van der Waals surface area contributed by atoms with Gasteiger partial charge in [0.2, 0.25) is 0 Å². The highest BCUT2D eigenvalue weighted by Crippen LogP contribution is 2.25. The van der Waals surface area contributed by atoms with Crippen LogP contribution in [-0.2, 0) is 0 Å². The lowest BCUT2D eigenvalue weighted by Gasteiger charge is -1.97. The third kappa shape index (κ3) is 1.72. The van der Waals surface area contributed by atoms with Gasteiger partial charge in [-0.05, 0) is 33.6 Å². The lowest BCUT2D eigenvalue weighted by molar-refractivity contribution is 0.572. The molecule has 0 saturated heterocycles. The molecule has 0 aliphatic carbocycles. The fraction of sp³-hybridized carbons (Fsp3) is 0. The Morgan fingerprint density at radius 2 is 1.83 bits per heavy atom. The van der Waals surface area contributed by atoms with Crippen LogP contribution < -0.4 is 0 Å². The number of azide groups is 1. The van der Waals surface area contributed by atoms with Crippen molar-refractivity contribution in [3.05, 3.63) is 38.7 Å². The van der Waals surface area contributed by atoms with E-state index in [4.69, 9.17) is 5.53 Å². The van der Waals surface area contributed by atoms with E-state index in [1.54, 1.807) is 0 Å². The number of rotatable bonds is 1. The van der Waals surface area contributed by atoms with E-state index in [9.17, 15) is 8.78 Å². The molecule has 1 aromatic carbocycles. The van der Waals surface area contributed by atoms with E-state index >= 15 is 0 Å². The molecule has 0 radical (unpaired) electrons. The summed E-state index contributed by atoms with van der Waals surface area (Å²) in [6.07, 6.45) is 0. The third-order valence-corrected chi connectivity index (χ3v) is 1.89. The van der Waals surface area contributed by atoms with Gasteiger partial charge < -0.3 is 0 Å². The molecule has 62 valence electrons. The number of halogens is 3. The Bertz CT molecular complexity index is 337. The maximum Gasteiger partial charge on any atom is 0.140 e. The molecule has 0 aliphatic heterocycles. The Labute approximate surface area is 74.8 Å². The summed E-state index contributed by atoms with van der Waals surface area (Å²) in [6, 6.07) is 1.87. The van der Waals surface area contributed by atoms with Gasteiger partial charge in [0.15, 0.2) is 0 Å². The quantitative estimate of drug-likeness (QED) is 0.308. The monoisotopic (exact) mass is 233 g/mol. The Balaban J connectivity index is 3.30. The molecule has 0 saturated carbocycles. The van der Waals surface area contributed by atoms with Gasteiger partial charge >= 0.3 is 0 Å². The van der Waals surface area contributed by atoms with Crippen molar-refractivity contribution < 1.29 is 8.78 Å². The van der Waals surface area contributed by atoms with Gasteiger partial charge in [0.1, 0.15) is 11.6 Å². The van der Waals surface area contributed by atoms with Crippen LogP contribution in [0.15, 0.2) is 21.7 Å². The fourth-order valence-electron chi connectivity index (χ4n) is 0.652. The summed E-state index contributed by atoms with van der Waals surface area (Å²) in [4.78, 5) is 2.39. The van der Waals surface area contributed by atoms with Crippen molar-refractivity contribution in [2.24, 2.45) is 5.11 Å². The second kappa shape index (κ2) is 3.51. The molecular formula is C6H2BrF2N3. The smallest absolute Gasteiger partial charge is 0.140 e. The molecule has 0 heterocycles. The molecule has 0 spiro atoms. The topological polar surface area (TPSA) is 48.8 Å².